The zero-order valence-corrected chi connectivity index (χ0v) is 28.7. The van der Waals surface area contributed by atoms with Crippen molar-refractivity contribution in [2.45, 2.75) is 0 Å². The van der Waals surface area contributed by atoms with Crippen LogP contribution in [0.4, 0.5) is 0 Å². The van der Waals surface area contributed by atoms with Gasteiger partial charge in [0.15, 0.2) is 0 Å². The van der Waals surface area contributed by atoms with E-state index in [2.05, 4.69) is 179 Å². The molecule has 0 N–H and O–H groups in total. The van der Waals surface area contributed by atoms with Crippen molar-refractivity contribution in [3.05, 3.63) is 170 Å². The van der Waals surface area contributed by atoms with Gasteiger partial charge in [-0.1, -0.05) is 103 Å². The second-order valence-corrected chi connectivity index (χ2v) is 14.8. The molecule has 4 heterocycles. The van der Waals surface area contributed by atoms with Gasteiger partial charge in [0.25, 0.3) is 0 Å². The Morgan fingerprint density at radius 3 is 1.73 bits per heavy atom. The minimum atomic E-state index is 0.891. The van der Waals surface area contributed by atoms with Crippen LogP contribution in [0.1, 0.15) is 0 Å². The van der Waals surface area contributed by atoms with Crippen molar-refractivity contribution in [1.29, 1.82) is 0 Å². The van der Waals surface area contributed by atoms with Gasteiger partial charge in [-0.05, 0) is 72.3 Å². The van der Waals surface area contributed by atoms with Gasteiger partial charge < -0.3 is 13.6 Å². The maximum Gasteiger partial charge on any atom is 0.143 e. The molecule has 0 bridgehead atoms. The van der Waals surface area contributed by atoms with E-state index < -0.39 is 0 Å². The minimum Gasteiger partial charge on any atom is -0.455 e. The molecule has 0 fully saturated rings. The summed E-state index contributed by atoms with van der Waals surface area (Å²) in [5, 5.41) is 9.79. The van der Waals surface area contributed by atoms with Crippen LogP contribution in [-0.4, -0.2) is 9.13 Å². The summed E-state index contributed by atoms with van der Waals surface area (Å²) in [6.07, 6.45) is 0. The highest BCUT2D eigenvalue weighted by Gasteiger charge is 2.20. The summed E-state index contributed by atoms with van der Waals surface area (Å²) in [6.45, 7) is 0. The molecule has 52 heavy (non-hydrogen) atoms. The lowest BCUT2D eigenvalue weighted by Crippen LogP contribution is -1.94. The minimum absolute atomic E-state index is 0.891. The molecule has 12 rings (SSSR count). The molecule has 0 aliphatic rings. The van der Waals surface area contributed by atoms with Gasteiger partial charge in [-0.2, -0.15) is 0 Å². The molecule has 4 aromatic heterocycles. The van der Waals surface area contributed by atoms with Gasteiger partial charge >= 0.3 is 0 Å². The maximum absolute atomic E-state index is 6.76. The summed E-state index contributed by atoms with van der Waals surface area (Å²) in [7, 11) is 0. The van der Waals surface area contributed by atoms with Gasteiger partial charge in [0.2, 0.25) is 0 Å². The predicted molar refractivity (Wildman–Crippen MR) is 221 cm³/mol. The summed E-state index contributed by atoms with van der Waals surface area (Å²) in [5.41, 5.74) is 11.2. The Morgan fingerprint density at radius 1 is 0.365 bits per heavy atom. The molecule has 0 radical (unpaired) electrons. The van der Waals surface area contributed by atoms with Gasteiger partial charge in [0.05, 0.1) is 22.1 Å². The zero-order chi connectivity index (χ0) is 33.9. The monoisotopic (exact) mass is 680 g/mol. The molecule has 242 valence electrons. The van der Waals surface area contributed by atoms with Gasteiger partial charge in [0.1, 0.15) is 11.2 Å². The molecule has 4 heteroatoms. The van der Waals surface area contributed by atoms with Crippen LogP contribution in [-0.2, 0) is 0 Å². The molecular formula is C48H28N2OS. The molecule has 12 aromatic rings. The van der Waals surface area contributed by atoms with Crippen LogP contribution >= 0.6 is 11.3 Å². The first-order valence-corrected chi connectivity index (χ1v) is 18.5. The first-order valence-electron chi connectivity index (χ1n) is 17.7. The van der Waals surface area contributed by atoms with Crippen molar-refractivity contribution in [2.75, 3.05) is 0 Å². The summed E-state index contributed by atoms with van der Waals surface area (Å²) >= 11 is 1.85. The van der Waals surface area contributed by atoms with Crippen LogP contribution in [0.15, 0.2) is 174 Å². The lowest BCUT2D eigenvalue weighted by Gasteiger charge is -2.09. The van der Waals surface area contributed by atoms with E-state index in [0.717, 1.165) is 38.9 Å². The Labute approximate surface area is 301 Å². The molecule has 0 saturated carbocycles. The summed E-state index contributed by atoms with van der Waals surface area (Å²) in [4.78, 5) is 0. The first-order chi connectivity index (χ1) is 25.8. The fraction of sp³-hybridized carbons (Fsp3) is 0. The maximum atomic E-state index is 6.76. The SMILES string of the molecule is c1ccc(-n2c3ccccc3c3cc4c(cc32)c2ccccc2n4-c2ccc3oc4c(-c5cccc6sc7ccccc7c56)cccc4c3c2)cc1. The van der Waals surface area contributed by atoms with Gasteiger partial charge in [0, 0.05) is 69.4 Å². The normalized spacial score (nSPS) is 12.2. The fourth-order valence-electron chi connectivity index (χ4n) is 8.70. The topological polar surface area (TPSA) is 23.0 Å². The fourth-order valence-corrected chi connectivity index (χ4v) is 9.83. The van der Waals surface area contributed by atoms with E-state index in [4.69, 9.17) is 4.42 Å². The average molecular weight is 681 g/mol. The lowest BCUT2D eigenvalue weighted by atomic mass is 9.97. The Hall–Kier alpha value is -6.62. The number of nitrogens with zero attached hydrogens (tertiary/aromatic N) is 2. The number of aromatic nitrogens is 2. The van der Waals surface area contributed by atoms with E-state index in [1.54, 1.807) is 0 Å². The molecule has 0 saturated heterocycles. The highest BCUT2D eigenvalue weighted by Crippen LogP contribution is 2.45. The van der Waals surface area contributed by atoms with Crippen molar-refractivity contribution in [3.8, 4) is 22.5 Å². The average Bonchev–Trinajstić information content (AvgIpc) is 3.94. The van der Waals surface area contributed by atoms with Gasteiger partial charge in [-0.25, -0.2) is 0 Å². The number of rotatable bonds is 3. The second kappa shape index (κ2) is 10.5. The van der Waals surface area contributed by atoms with E-state index in [1.807, 2.05) is 11.3 Å². The van der Waals surface area contributed by atoms with Gasteiger partial charge in [-0.15, -0.1) is 11.3 Å². The van der Waals surface area contributed by atoms with Crippen LogP contribution in [0.2, 0.25) is 0 Å². The Balaban J connectivity index is 1.12. The third kappa shape index (κ3) is 3.79. The van der Waals surface area contributed by atoms with E-state index in [9.17, 15) is 0 Å². The largest absolute Gasteiger partial charge is 0.455 e. The highest BCUT2D eigenvalue weighted by molar-refractivity contribution is 7.25. The number of hydrogen-bond acceptors (Lipinski definition) is 2. The summed E-state index contributed by atoms with van der Waals surface area (Å²) < 4.78 is 14.2. The van der Waals surface area contributed by atoms with E-state index in [-0.39, 0.29) is 0 Å². The molecule has 0 spiro atoms. The number of fused-ring (bicyclic) bond motifs is 12. The van der Waals surface area contributed by atoms with Crippen LogP contribution in [0.5, 0.6) is 0 Å². The van der Waals surface area contributed by atoms with Crippen molar-refractivity contribution < 1.29 is 4.42 Å². The lowest BCUT2D eigenvalue weighted by molar-refractivity contribution is 0.670. The molecule has 0 unspecified atom stereocenters. The standard InChI is InChI=1S/C48H28N2OS/c1-2-12-29(13-3-1)49-40-20-7-4-14-31(40)37-28-43-38(27-42(37)49)32-15-5-8-21-41(32)50(43)30-24-25-44-39(26-30)35-19-10-18-34(48(35)51-44)33-17-11-23-46-47(33)36-16-6-9-22-45(36)52-46/h1-28H. The summed E-state index contributed by atoms with van der Waals surface area (Å²) in [6, 6.07) is 61.6. The summed E-state index contributed by atoms with van der Waals surface area (Å²) in [5.74, 6) is 0. The number of hydrogen-bond donors (Lipinski definition) is 0. The molecule has 0 aliphatic heterocycles. The van der Waals surface area contributed by atoms with Crippen molar-refractivity contribution in [3.63, 3.8) is 0 Å². The van der Waals surface area contributed by atoms with E-state index >= 15 is 0 Å². The zero-order valence-electron chi connectivity index (χ0n) is 27.9. The van der Waals surface area contributed by atoms with Crippen LogP contribution in [0.25, 0.3) is 108 Å². The smallest absolute Gasteiger partial charge is 0.143 e. The van der Waals surface area contributed by atoms with Crippen LogP contribution in [0, 0.1) is 0 Å². The van der Waals surface area contributed by atoms with E-state index in [1.165, 1.54) is 69.3 Å². The van der Waals surface area contributed by atoms with Crippen molar-refractivity contribution >= 4 is 97.1 Å². The number of benzene rings is 8. The Kier molecular flexibility index (Phi) is 5.65. The van der Waals surface area contributed by atoms with Gasteiger partial charge in [-0.3, -0.25) is 0 Å². The van der Waals surface area contributed by atoms with Crippen molar-refractivity contribution in [2.24, 2.45) is 0 Å². The van der Waals surface area contributed by atoms with Crippen LogP contribution < -0.4 is 0 Å². The number of thiophene rings is 1. The molecule has 0 amide bonds. The molecular weight excluding hydrogens is 653 g/mol. The van der Waals surface area contributed by atoms with Crippen molar-refractivity contribution in [1.82, 2.24) is 9.13 Å². The third-order valence-electron chi connectivity index (χ3n) is 10.9. The highest BCUT2D eigenvalue weighted by atomic mass is 32.1. The van der Waals surface area contributed by atoms with E-state index in [0.29, 0.717) is 0 Å². The van der Waals surface area contributed by atoms with Crippen LogP contribution in [0.3, 0.4) is 0 Å². The third-order valence-corrected chi connectivity index (χ3v) is 12.0. The second-order valence-electron chi connectivity index (χ2n) is 13.7. The number of furan rings is 1. The molecule has 0 atom stereocenters. The first kappa shape index (κ1) is 28.1. The molecule has 8 aromatic carbocycles. The quantitative estimate of drug-likeness (QED) is 0.182. The predicted octanol–water partition coefficient (Wildman–Crippen LogP) is 13.8. The molecule has 0 aliphatic carbocycles. The molecule has 3 nitrogen and oxygen atoms in total. The Morgan fingerprint density at radius 2 is 0.962 bits per heavy atom. The Bertz CT molecular complexity index is 3410. The number of para-hydroxylation sites is 4.